The third-order valence-electron chi connectivity index (χ3n) is 2.42. The predicted octanol–water partition coefficient (Wildman–Crippen LogP) is -1.30. The summed E-state index contributed by atoms with van der Waals surface area (Å²) in [4.78, 5) is 21.8. The van der Waals surface area contributed by atoms with Crippen LogP contribution in [0.5, 0.6) is 0 Å². The summed E-state index contributed by atoms with van der Waals surface area (Å²) in [5.41, 5.74) is -0.542. The summed E-state index contributed by atoms with van der Waals surface area (Å²) < 4.78 is 2.73. The van der Waals surface area contributed by atoms with Crippen LogP contribution in [0, 0.1) is 6.92 Å². The Hall–Kier alpha value is -1.85. The fourth-order valence-corrected chi connectivity index (χ4v) is 1.63. The summed E-state index contributed by atoms with van der Waals surface area (Å²) in [5, 5.41) is 19.8. The second-order valence-electron chi connectivity index (χ2n) is 3.14. The van der Waals surface area contributed by atoms with E-state index >= 15 is 0 Å². The first-order valence-electron chi connectivity index (χ1n) is 4.45. The Morgan fingerprint density at radius 1 is 1.53 bits per heavy atom. The first kappa shape index (κ1) is 11.2. The molecule has 0 saturated carbocycles. The average molecular weight is 212 g/mol. The molecule has 0 saturated heterocycles. The first-order valence-corrected chi connectivity index (χ1v) is 4.45. The molecule has 1 N–H and O–H groups in total. The molecule has 0 aliphatic carbocycles. The SMILES string of the molecule is CCn1c(C(=O)[O-])c(C(=O)O)[n+](C)c1C. The van der Waals surface area contributed by atoms with E-state index in [4.69, 9.17) is 5.11 Å². The number of carboxylic acids is 2. The number of carboxylic acid groups (broad SMARTS) is 2. The summed E-state index contributed by atoms with van der Waals surface area (Å²) >= 11 is 0. The minimum absolute atomic E-state index is 0.255. The Balaban J connectivity index is 3.63. The molecule has 0 atom stereocenters. The van der Waals surface area contributed by atoms with E-state index in [1.165, 1.54) is 16.2 Å². The molecule has 1 aromatic rings. The van der Waals surface area contributed by atoms with Crippen molar-refractivity contribution in [2.75, 3.05) is 0 Å². The molecule has 1 aromatic heterocycles. The van der Waals surface area contributed by atoms with E-state index in [0.717, 1.165) is 0 Å². The highest BCUT2D eigenvalue weighted by Crippen LogP contribution is 2.08. The molecule has 0 aromatic carbocycles. The molecule has 1 rings (SSSR count). The zero-order valence-electron chi connectivity index (χ0n) is 8.77. The highest BCUT2D eigenvalue weighted by Gasteiger charge is 2.30. The van der Waals surface area contributed by atoms with E-state index < -0.39 is 11.9 Å². The number of aromatic carboxylic acids is 2. The van der Waals surface area contributed by atoms with Crippen molar-refractivity contribution in [2.24, 2.45) is 7.05 Å². The third kappa shape index (κ3) is 1.58. The minimum Gasteiger partial charge on any atom is -0.541 e. The van der Waals surface area contributed by atoms with Crippen molar-refractivity contribution in [3.8, 4) is 0 Å². The summed E-state index contributed by atoms with van der Waals surface area (Å²) in [6.45, 7) is 3.78. The molecule has 82 valence electrons. The van der Waals surface area contributed by atoms with Crippen LogP contribution < -0.4 is 9.67 Å². The van der Waals surface area contributed by atoms with Gasteiger partial charge < -0.3 is 15.0 Å². The van der Waals surface area contributed by atoms with Gasteiger partial charge in [-0.15, -0.1) is 0 Å². The van der Waals surface area contributed by atoms with Gasteiger partial charge in [-0.25, -0.2) is 13.9 Å². The molecular formula is C9H12N2O4. The molecule has 1 heterocycles. The molecule has 0 spiro atoms. The first-order chi connectivity index (χ1) is 6.91. The molecule has 0 aliphatic heterocycles. The molecule has 6 nitrogen and oxygen atoms in total. The summed E-state index contributed by atoms with van der Waals surface area (Å²) in [6.07, 6.45) is 0. The largest absolute Gasteiger partial charge is 0.541 e. The Morgan fingerprint density at radius 2 is 2.07 bits per heavy atom. The second kappa shape index (κ2) is 3.72. The molecule has 0 aliphatic rings. The van der Waals surface area contributed by atoms with Crippen LogP contribution in [0.1, 0.15) is 33.7 Å². The number of aromatic nitrogens is 2. The number of nitrogens with zero attached hydrogens (tertiary/aromatic N) is 2. The fourth-order valence-electron chi connectivity index (χ4n) is 1.63. The van der Waals surface area contributed by atoms with Crippen LogP contribution in [0.4, 0.5) is 0 Å². The second-order valence-corrected chi connectivity index (χ2v) is 3.14. The van der Waals surface area contributed by atoms with E-state index in [2.05, 4.69) is 0 Å². The van der Waals surface area contributed by atoms with E-state index in [1.807, 2.05) is 0 Å². The maximum Gasteiger partial charge on any atom is 0.380 e. The average Bonchev–Trinajstić information content (AvgIpc) is 2.39. The zero-order valence-corrected chi connectivity index (χ0v) is 8.77. The fraction of sp³-hybridized carbons (Fsp3) is 0.444. The standard InChI is InChI=1S/C9H12N2O4/c1-4-11-5(2)10(3)6(8(12)13)7(11)9(14)15/h4H2,1-3H3,(H-,12,13,14,15). The number of carbonyl (C=O) groups is 2. The van der Waals surface area contributed by atoms with Crippen molar-refractivity contribution in [3.63, 3.8) is 0 Å². The van der Waals surface area contributed by atoms with Crippen LogP contribution in [0.25, 0.3) is 0 Å². The monoisotopic (exact) mass is 212 g/mol. The van der Waals surface area contributed by atoms with Gasteiger partial charge in [0.25, 0.3) is 11.5 Å². The number of rotatable bonds is 3. The smallest absolute Gasteiger partial charge is 0.380 e. The number of imidazole rings is 1. The van der Waals surface area contributed by atoms with Gasteiger partial charge in [-0.3, -0.25) is 0 Å². The van der Waals surface area contributed by atoms with Crippen LogP contribution >= 0.6 is 0 Å². The molecular weight excluding hydrogens is 200 g/mol. The van der Waals surface area contributed by atoms with Crippen molar-refractivity contribution >= 4 is 11.9 Å². The van der Waals surface area contributed by atoms with Crippen molar-refractivity contribution < 1.29 is 24.4 Å². The van der Waals surface area contributed by atoms with E-state index in [0.29, 0.717) is 12.4 Å². The lowest BCUT2D eigenvalue weighted by molar-refractivity contribution is -0.679. The van der Waals surface area contributed by atoms with Gasteiger partial charge >= 0.3 is 5.97 Å². The van der Waals surface area contributed by atoms with Crippen molar-refractivity contribution in [1.82, 2.24) is 4.57 Å². The van der Waals surface area contributed by atoms with Crippen LogP contribution in [-0.4, -0.2) is 21.6 Å². The summed E-state index contributed by atoms with van der Waals surface area (Å²) in [7, 11) is 1.51. The van der Waals surface area contributed by atoms with Crippen molar-refractivity contribution in [2.45, 2.75) is 20.4 Å². The molecule has 6 heteroatoms. The lowest BCUT2D eigenvalue weighted by Gasteiger charge is -2.00. The number of hydrogen-bond acceptors (Lipinski definition) is 3. The maximum atomic E-state index is 10.9. The molecule has 0 unspecified atom stereocenters. The maximum absolute atomic E-state index is 10.9. The van der Waals surface area contributed by atoms with Crippen LogP contribution in [0.3, 0.4) is 0 Å². The van der Waals surface area contributed by atoms with Crippen molar-refractivity contribution in [3.05, 3.63) is 17.2 Å². The molecule has 15 heavy (non-hydrogen) atoms. The van der Waals surface area contributed by atoms with Gasteiger partial charge in [-0.1, -0.05) is 0 Å². The lowest BCUT2D eigenvalue weighted by Crippen LogP contribution is -2.38. The molecule has 0 bridgehead atoms. The minimum atomic E-state index is -1.47. The van der Waals surface area contributed by atoms with Gasteiger partial charge in [0.15, 0.2) is 0 Å². The quantitative estimate of drug-likeness (QED) is 0.631. The predicted molar refractivity (Wildman–Crippen MR) is 47.3 cm³/mol. The van der Waals surface area contributed by atoms with E-state index in [9.17, 15) is 14.7 Å². The number of carbonyl (C=O) groups excluding carboxylic acids is 1. The third-order valence-corrected chi connectivity index (χ3v) is 2.42. The molecule has 0 radical (unpaired) electrons. The van der Waals surface area contributed by atoms with E-state index in [1.54, 1.807) is 13.8 Å². The highest BCUT2D eigenvalue weighted by molar-refractivity contribution is 5.97. The van der Waals surface area contributed by atoms with Crippen LogP contribution in [-0.2, 0) is 13.6 Å². The normalized spacial score (nSPS) is 10.3. The van der Waals surface area contributed by atoms with Gasteiger partial charge in [0.1, 0.15) is 5.97 Å². The Morgan fingerprint density at radius 3 is 2.40 bits per heavy atom. The summed E-state index contributed by atoms with van der Waals surface area (Å²) in [6, 6.07) is 0. The molecule has 0 amide bonds. The highest BCUT2D eigenvalue weighted by atomic mass is 16.4. The zero-order chi connectivity index (χ0) is 11.7. The van der Waals surface area contributed by atoms with Crippen molar-refractivity contribution in [1.29, 1.82) is 0 Å². The number of hydrogen-bond donors (Lipinski definition) is 1. The van der Waals surface area contributed by atoms with Gasteiger partial charge in [0.05, 0.1) is 13.6 Å². The Labute approximate surface area is 86.4 Å². The van der Waals surface area contributed by atoms with Gasteiger partial charge in [-0.2, -0.15) is 0 Å². The van der Waals surface area contributed by atoms with E-state index in [-0.39, 0.29) is 11.4 Å². The molecule has 0 fully saturated rings. The lowest BCUT2D eigenvalue weighted by atomic mass is 10.3. The Bertz CT molecular complexity index is 434. The summed E-state index contributed by atoms with van der Waals surface area (Å²) in [5.74, 6) is -2.18. The van der Waals surface area contributed by atoms with Crippen LogP contribution in [0.15, 0.2) is 0 Å². The topological polar surface area (TPSA) is 86.2 Å². The van der Waals surface area contributed by atoms with Gasteiger partial charge in [-0.05, 0) is 6.92 Å². The van der Waals surface area contributed by atoms with Crippen LogP contribution in [0.2, 0.25) is 0 Å². The van der Waals surface area contributed by atoms with Gasteiger partial charge in [0.2, 0.25) is 5.69 Å². The Kier molecular flexibility index (Phi) is 2.78. The van der Waals surface area contributed by atoms with Gasteiger partial charge in [0, 0.05) is 6.92 Å².